The molecule has 76 valence electrons. The van der Waals surface area contributed by atoms with Gasteiger partial charge >= 0.3 is 0 Å². The van der Waals surface area contributed by atoms with Crippen LogP contribution in [0.15, 0.2) is 0 Å². The first-order valence-electron chi connectivity index (χ1n) is 5.37. The standard InChI is InChI=1S/C11H22NO/c1-10(11(2)13)6-9-12(3)7-4-5-8-12/h10H,4-9H2,1-3H3/q+1. The summed E-state index contributed by atoms with van der Waals surface area (Å²) in [6.07, 6.45) is 3.79. The van der Waals surface area contributed by atoms with Gasteiger partial charge in [0.15, 0.2) is 0 Å². The molecule has 1 aliphatic heterocycles. The number of likely N-dealkylation sites (tertiary alicyclic amines) is 1. The van der Waals surface area contributed by atoms with Crippen LogP contribution in [0.5, 0.6) is 0 Å². The molecule has 1 unspecified atom stereocenters. The van der Waals surface area contributed by atoms with Crippen molar-refractivity contribution in [2.24, 2.45) is 5.92 Å². The Hall–Kier alpha value is -0.370. The molecular weight excluding hydrogens is 162 g/mol. The lowest BCUT2D eigenvalue weighted by Crippen LogP contribution is -2.42. The van der Waals surface area contributed by atoms with Gasteiger partial charge in [0.2, 0.25) is 0 Å². The third-order valence-corrected chi connectivity index (χ3v) is 3.44. The zero-order valence-electron chi connectivity index (χ0n) is 9.18. The van der Waals surface area contributed by atoms with E-state index in [1.807, 2.05) is 6.92 Å². The van der Waals surface area contributed by atoms with Crippen LogP contribution in [0.25, 0.3) is 0 Å². The summed E-state index contributed by atoms with van der Waals surface area (Å²) >= 11 is 0. The number of carbonyl (C=O) groups is 1. The Morgan fingerprint density at radius 3 is 2.38 bits per heavy atom. The summed E-state index contributed by atoms with van der Waals surface area (Å²) in [5.41, 5.74) is 0. The van der Waals surface area contributed by atoms with E-state index < -0.39 is 0 Å². The molecule has 1 heterocycles. The molecule has 0 aromatic carbocycles. The summed E-state index contributed by atoms with van der Waals surface area (Å²) in [4.78, 5) is 11.0. The molecule has 0 saturated carbocycles. The lowest BCUT2D eigenvalue weighted by atomic mass is 10.0. The maximum Gasteiger partial charge on any atom is 0.132 e. The summed E-state index contributed by atoms with van der Waals surface area (Å²) in [6.45, 7) is 7.55. The summed E-state index contributed by atoms with van der Waals surface area (Å²) in [7, 11) is 2.32. The monoisotopic (exact) mass is 184 g/mol. The van der Waals surface area contributed by atoms with Crippen LogP contribution in [-0.4, -0.2) is 36.9 Å². The van der Waals surface area contributed by atoms with E-state index in [2.05, 4.69) is 7.05 Å². The van der Waals surface area contributed by atoms with Crippen molar-refractivity contribution >= 4 is 5.78 Å². The fourth-order valence-corrected chi connectivity index (χ4v) is 2.03. The molecule has 0 amide bonds. The van der Waals surface area contributed by atoms with Gasteiger partial charge in [0, 0.05) is 25.2 Å². The number of Topliss-reactive ketones (excluding diaryl/α,β-unsaturated/α-hetero) is 1. The van der Waals surface area contributed by atoms with Crippen molar-refractivity contribution < 1.29 is 9.28 Å². The number of carbonyl (C=O) groups excluding carboxylic acids is 1. The number of hydrogen-bond acceptors (Lipinski definition) is 1. The van der Waals surface area contributed by atoms with E-state index in [4.69, 9.17) is 0 Å². The summed E-state index contributed by atoms with van der Waals surface area (Å²) < 4.78 is 1.19. The molecule has 1 saturated heterocycles. The van der Waals surface area contributed by atoms with Crippen molar-refractivity contribution in [2.45, 2.75) is 33.1 Å². The minimum absolute atomic E-state index is 0.260. The van der Waals surface area contributed by atoms with Crippen LogP contribution >= 0.6 is 0 Å². The molecule has 0 aromatic heterocycles. The Kier molecular flexibility index (Phi) is 3.48. The van der Waals surface area contributed by atoms with Gasteiger partial charge in [0.25, 0.3) is 0 Å². The van der Waals surface area contributed by atoms with Gasteiger partial charge in [-0.1, -0.05) is 6.92 Å². The molecule has 13 heavy (non-hydrogen) atoms. The third-order valence-electron chi connectivity index (χ3n) is 3.44. The highest BCUT2D eigenvalue weighted by Crippen LogP contribution is 2.18. The Morgan fingerprint density at radius 1 is 1.38 bits per heavy atom. The van der Waals surface area contributed by atoms with Gasteiger partial charge in [-0.05, 0) is 6.92 Å². The van der Waals surface area contributed by atoms with Crippen molar-refractivity contribution in [3.8, 4) is 0 Å². The number of hydrogen-bond donors (Lipinski definition) is 0. The molecule has 0 aromatic rings. The number of nitrogens with zero attached hydrogens (tertiary/aromatic N) is 1. The zero-order chi connectivity index (χ0) is 9.90. The zero-order valence-corrected chi connectivity index (χ0v) is 9.18. The smallest absolute Gasteiger partial charge is 0.132 e. The highest BCUT2D eigenvalue weighted by molar-refractivity contribution is 5.77. The second-order valence-corrected chi connectivity index (χ2v) is 4.80. The van der Waals surface area contributed by atoms with Gasteiger partial charge in [0.05, 0.1) is 26.7 Å². The highest BCUT2D eigenvalue weighted by Gasteiger charge is 2.27. The molecule has 1 aliphatic rings. The van der Waals surface area contributed by atoms with E-state index >= 15 is 0 Å². The summed E-state index contributed by atoms with van der Waals surface area (Å²) in [5, 5.41) is 0. The van der Waals surface area contributed by atoms with Crippen LogP contribution in [-0.2, 0) is 4.79 Å². The number of quaternary nitrogens is 1. The molecule has 0 spiro atoms. The van der Waals surface area contributed by atoms with Gasteiger partial charge < -0.3 is 4.48 Å². The molecule has 2 nitrogen and oxygen atoms in total. The lowest BCUT2D eigenvalue weighted by Gasteiger charge is -2.29. The van der Waals surface area contributed by atoms with Crippen molar-refractivity contribution in [2.75, 3.05) is 26.7 Å². The predicted octanol–water partition coefficient (Wildman–Crippen LogP) is 1.84. The maximum absolute atomic E-state index is 11.0. The van der Waals surface area contributed by atoms with Crippen LogP contribution in [0.2, 0.25) is 0 Å². The Labute approximate surface area is 81.5 Å². The molecule has 0 radical (unpaired) electrons. The topological polar surface area (TPSA) is 17.1 Å². The normalized spacial score (nSPS) is 23.0. The largest absolute Gasteiger partial charge is 0.326 e. The van der Waals surface area contributed by atoms with E-state index in [9.17, 15) is 4.79 Å². The fraction of sp³-hybridized carbons (Fsp3) is 0.909. The van der Waals surface area contributed by atoms with Crippen LogP contribution in [0, 0.1) is 5.92 Å². The fourth-order valence-electron chi connectivity index (χ4n) is 2.03. The predicted molar refractivity (Wildman–Crippen MR) is 54.5 cm³/mol. The van der Waals surface area contributed by atoms with E-state index in [-0.39, 0.29) is 5.92 Å². The molecular formula is C11H22NO+. The minimum Gasteiger partial charge on any atom is -0.326 e. The SMILES string of the molecule is CC(=O)C(C)CC[N+]1(C)CCCC1. The van der Waals surface area contributed by atoms with Crippen LogP contribution < -0.4 is 0 Å². The van der Waals surface area contributed by atoms with E-state index in [1.54, 1.807) is 6.92 Å². The van der Waals surface area contributed by atoms with Crippen LogP contribution in [0.3, 0.4) is 0 Å². The Balaban J connectivity index is 2.28. The first-order valence-corrected chi connectivity index (χ1v) is 5.37. The quantitative estimate of drug-likeness (QED) is 0.609. The molecule has 1 fully saturated rings. The van der Waals surface area contributed by atoms with Gasteiger partial charge in [-0.3, -0.25) is 4.79 Å². The lowest BCUT2D eigenvalue weighted by molar-refractivity contribution is -0.898. The average molecular weight is 184 g/mol. The van der Waals surface area contributed by atoms with Gasteiger partial charge in [-0.15, -0.1) is 0 Å². The highest BCUT2D eigenvalue weighted by atomic mass is 16.1. The van der Waals surface area contributed by atoms with Gasteiger partial charge in [-0.25, -0.2) is 0 Å². The van der Waals surface area contributed by atoms with E-state index in [0.717, 1.165) is 6.42 Å². The van der Waals surface area contributed by atoms with Gasteiger partial charge in [0.1, 0.15) is 5.78 Å². The number of ketones is 1. The van der Waals surface area contributed by atoms with E-state index in [1.165, 1.54) is 37.0 Å². The molecule has 1 atom stereocenters. The minimum atomic E-state index is 0.260. The molecule has 0 bridgehead atoms. The van der Waals surface area contributed by atoms with Crippen LogP contribution in [0.1, 0.15) is 33.1 Å². The second kappa shape index (κ2) is 4.23. The first kappa shape index (κ1) is 10.7. The summed E-state index contributed by atoms with van der Waals surface area (Å²) in [5.74, 6) is 0.598. The van der Waals surface area contributed by atoms with Crippen molar-refractivity contribution in [1.29, 1.82) is 0 Å². The molecule has 0 N–H and O–H groups in total. The second-order valence-electron chi connectivity index (χ2n) is 4.80. The van der Waals surface area contributed by atoms with Crippen molar-refractivity contribution in [3.63, 3.8) is 0 Å². The van der Waals surface area contributed by atoms with E-state index in [0.29, 0.717) is 5.78 Å². The summed E-state index contributed by atoms with van der Waals surface area (Å²) in [6, 6.07) is 0. The molecule has 2 heteroatoms. The maximum atomic E-state index is 11.0. The first-order chi connectivity index (χ1) is 6.03. The van der Waals surface area contributed by atoms with Gasteiger partial charge in [-0.2, -0.15) is 0 Å². The molecule has 1 rings (SSSR count). The number of rotatable bonds is 4. The molecule has 0 aliphatic carbocycles. The van der Waals surface area contributed by atoms with Crippen molar-refractivity contribution in [3.05, 3.63) is 0 Å². The Bertz CT molecular complexity index is 183. The Morgan fingerprint density at radius 2 is 1.92 bits per heavy atom. The third kappa shape index (κ3) is 3.11. The van der Waals surface area contributed by atoms with Crippen LogP contribution in [0.4, 0.5) is 0 Å². The average Bonchev–Trinajstić information content (AvgIpc) is 2.48. The van der Waals surface area contributed by atoms with Crippen molar-refractivity contribution in [1.82, 2.24) is 0 Å².